The van der Waals surface area contributed by atoms with Crippen molar-refractivity contribution in [2.24, 2.45) is 0 Å². The van der Waals surface area contributed by atoms with E-state index in [2.05, 4.69) is 55.1 Å². The number of aliphatic hydroxyl groups is 1. The van der Waals surface area contributed by atoms with Gasteiger partial charge < -0.3 is 10.0 Å². The molecule has 1 aliphatic rings. The van der Waals surface area contributed by atoms with Crippen LogP contribution in [0.15, 0.2) is 24.3 Å². The van der Waals surface area contributed by atoms with Crippen LogP contribution in [0.3, 0.4) is 0 Å². The van der Waals surface area contributed by atoms with Crippen LogP contribution in [0.25, 0.3) is 0 Å². The van der Waals surface area contributed by atoms with E-state index >= 15 is 0 Å². The summed E-state index contributed by atoms with van der Waals surface area (Å²) >= 11 is 0. The van der Waals surface area contributed by atoms with Gasteiger partial charge in [-0.1, -0.05) is 17.7 Å². The van der Waals surface area contributed by atoms with Crippen LogP contribution in [-0.2, 0) is 0 Å². The van der Waals surface area contributed by atoms with Crippen LogP contribution in [0.5, 0.6) is 0 Å². The molecule has 1 saturated heterocycles. The summed E-state index contributed by atoms with van der Waals surface area (Å²) in [5, 5.41) is 9.63. The maximum Gasteiger partial charge on any atom is 0.0633 e. The molecule has 0 amide bonds. The smallest absolute Gasteiger partial charge is 0.0633 e. The Morgan fingerprint density at radius 2 is 1.94 bits per heavy atom. The van der Waals surface area contributed by atoms with E-state index < -0.39 is 0 Å². The van der Waals surface area contributed by atoms with Gasteiger partial charge in [-0.05, 0) is 39.6 Å². The Morgan fingerprint density at radius 1 is 1.29 bits per heavy atom. The van der Waals surface area contributed by atoms with Gasteiger partial charge in [0.1, 0.15) is 0 Å². The van der Waals surface area contributed by atoms with Crippen molar-refractivity contribution in [3.63, 3.8) is 0 Å². The zero-order valence-electron chi connectivity index (χ0n) is 11.0. The Kier molecular flexibility index (Phi) is 3.40. The molecule has 3 nitrogen and oxygen atoms in total. The van der Waals surface area contributed by atoms with Gasteiger partial charge in [-0.3, -0.25) is 4.90 Å². The molecular formula is C14H22N2O. The van der Waals surface area contributed by atoms with Gasteiger partial charge >= 0.3 is 0 Å². The van der Waals surface area contributed by atoms with Crippen LogP contribution in [-0.4, -0.2) is 49.3 Å². The van der Waals surface area contributed by atoms with E-state index in [1.165, 1.54) is 11.3 Å². The van der Waals surface area contributed by atoms with E-state index in [0.29, 0.717) is 0 Å². The van der Waals surface area contributed by atoms with Gasteiger partial charge in [-0.15, -0.1) is 0 Å². The molecule has 1 aliphatic heterocycles. The zero-order chi connectivity index (χ0) is 12.5. The SMILES string of the molecule is Cc1ccc(N2CCC(CO)(N(C)C)C2)cc1. The van der Waals surface area contributed by atoms with Crippen molar-refractivity contribution in [1.82, 2.24) is 4.90 Å². The number of anilines is 1. The highest BCUT2D eigenvalue weighted by Gasteiger charge is 2.39. The molecule has 1 unspecified atom stereocenters. The normalized spacial score (nSPS) is 24.6. The van der Waals surface area contributed by atoms with Crippen molar-refractivity contribution < 1.29 is 5.11 Å². The zero-order valence-corrected chi connectivity index (χ0v) is 11.0. The first-order valence-electron chi connectivity index (χ1n) is 6.17. The second-order valence-electron chi connectivity index (χ2n) is 5.28. The van der Waals surface area contributed by atoms with Gasteiger partial charge in [0.2, 0.25) is 0 Å². The van der Waals surface area contributed by atoms with Gasteiger partial charge in [-0.2, -0.15) is 0 Å². The number of nitrogens with zero attached hydrogens (tertiary/aromatic N) is 2. The van der Waals surface area contributed by atoms with E-state index in [9.17, 15) is 5.11 Å². The molecule has 0 aliphatic carbocycles. The molecule has 0 bridgehead atoms. The molecule has 1 aromatic rings. The summed E-state index contributed by atoms with van der Waals surface area (Å²) < 4.78 is 0. The van der Waals surface area contributed by atoms with Crippen molar-refractivity contribution in [3.8, 4) is 0 Å². The number of likely N-dealkylation sites (N-methyl/N-ethyl adjacent to an activating group) is 1. The number of aryl methyl sites for hydroxylation is 1. The highest BCUT2D eigenvalue weighted by atomic mass is 16.3. The number of benzene rings is 1. The first kappa shape index (κ1) is 12.4. The highest BCUT2D eigenvalue weighted by Crippen LogP contribution is 2.29. The number of rotatable bonds is 3. The van der Waals surface area contributed by atoms with Crippen molar-refractivity contribution in [2.45, 2.75) is 18.9 Å². The molecule has 1 atom stereocenters. The van der Waals surface area contributed by atoms with Crippen molar-refractivity contribution in [3.05, 3.63) is 29.8 Å². The highest BCUT2D eigenvalue weighted by molar-refractivity contribution is 5.49. The Labute approximate surface area is 104 Å². The van der Waals surface area contributed by atoms with Crippen LogP contribution in [0.4, 0.5) is 5.69 Å². The molecule has 17 heavy (non-hydrogen) atoms. The Hall–Kier alpha value is -1.06. The van der Waals surface area contributed by atoms with Crippen molar-refractivity contribution in [2.75, 3.05) is 38.7 Å². The fourth-order valence-electron chi connectivity index (χ4n) is 2.47. The van der Waals surface area contributed by atoms with Crippen LogP contribution in [0.1, 0.15) is 12.0 Å². The second kappa shape index (κ2) is 4.67. The second-order valence-corrected chi connectivity index (χ2v) is 5.28. The van der Waals surface area contributed by atoms with Crippen molar-refractivity contribution in [1.29, 1.82) is 0 Å². The predicted molar refractivity (Wildman–Crippen MR) is 71.5 cm³/mol. The van der Waals surface area contributed by atoms with E-state index in [-0.39, 0.29) is 12.1 Å². The monoisotopic (exact) mass is 234 g/mol. The first-order valence-corrected chi connectivity index (χ1v) is 6.17. The van der Waals surface area contributed by atoms with Gasteiger partial charge in [0.25, 0.3) is 0 Å². The molecule has 94 valence electrons. The summed E-state index contributed by atoms with van der Waals surface area (Å²) in [5.74, 6) is 0. The maximum atomic E-state index is 9.63. The molecule has 2 rings (SSSR count). The molecular weight excluding hydrogens is 212 g/mol. The third-order valence-electron chi connectivity index (χ3n) is 3.97. The Bertz CT molecular complexity index is 374. The number of hydrogen-bond donors (Lipinski definition) is 1. The molecule has 1 heterocycles. The van der Waals surface area contributed by atoms with Crippen LogP contribution in [0.2, 0.25) is 0 Å². The lowest BCUT2D eigenvalue weighted by atomic mass is 9.99. The van der Waals surface area contributed by atoms with Gasteiger partial charge in [0, 0.05) is 18.8 Å². The van der Waals surface area contributed by atoms with Gasteiger partial charge in [0.15, 0.2) is 0 Å². The molecule has 1 N–H and O–H groups in total. The summed E-state index contributed by atoms with van der Waals surface area (Å²) in [7, 11) is 4.10. The predicted octanol–water partition coefficient (Wildman–Crippen LogP) is 1.50. The molecule has 1 fully saturated rings. The van der Waals surface area contributed by atoms with Crippen LogP contribution < -0.4 is 4.90 Å². The lowest BCUT2D eigenvalue weighted by Gasteiger charge is -2.34. The minimum absolute atomic E-state index is 0.0785. The summed E-state index contributed by atoms with van der Waals surface area (Å²) in [6.45, 7) is 4.25. The van der Waals surface area contributed by atoms with Crippen LogP contribution >= 0.6 is 0 Å². The molecule has 0 radical (unpaired) electrons. The van der Waals surface area contributed by atoms with Crippen molar-refractivity contribution >= 4 is 5.69 Å². The standard InChI is InChI=1S/C14H22N2O/c1-12-4-6-13(7-5-12)16-9-8-14(10-16,11-17)15(2)3/h4-7,17H,8-11H2,1-3H3. The first-order chi connectivity index (χ1) is 8.07. The summed E-state index contributed by atoms with van der Waals surface area (Å²) in [6, 6.07) is 8.62. The minimum Gasteiger partial charge on any atom is -0.394 e. The third-order valence-corrected chi connectivity index (χ3v) is 3.97. The lowest BCUT2D eigenvalue weighted by Crippen LogP contribution is -2.49. The Morgan fingerprint density at radius 3 is 2.41 bits per heavy atom. The van der Waals surface area contributed by atoms with E-state index in [1.807, 2.05) is 0 Å². The van der Waals surface area contributed by atoms with Gasteiger partial charge in [0.05, 0.1) is 12.1 Å². The summed E-state index contributed by atoms with van der Waals surface area (Å²) in [5.41, 5.74) is 2.46. The average Bonchev–Trinajstić information content (AvgIpc) is 2.75. The number of hydrogen-bond acceptors (Lipinski definition) is 3. The number of aliphatic hydroxyl groups excluding tert-OH is 1. The molecule has 3 heteroatoms. The van der Waals surface area contributed by atoms with Crippen LogP contribution in [0, 0.1) is 6.92 Å². The minimum atomic E-state index is -0.0785. The Balaban J connectivity index is 2.14. The molecule has 0 aromatic heterocycles. The third kappa shape index (κ3) is 2.31. The largest absolute Gasteiger partial charge is 0.394 e. The molecule has 0 spiro atoms. The maximum absolute atomic E-state index is 9.63. The lowest BCUT2D eigenvalue weighted by molar-refractivity contribution is 0.0867. The fraction of sp³-hybridized carbons (Fsp3) is 0.571. The average molecular weight is 234 g/mol. The van der Waals surface area contributed by atoms with E-state index in [1.54, 1.807) is 0 Å². The van der Waals surface area contributed by atoms with E-state index in [4.69, 9.17) is 0 Å². The summed E-state index contributed by atoms with van der Waals surface area (Å²) in [6.07, 6.45) is 1.02. The quantitative estimate of drug-likeness (QED) is 0.858. The fourth-order valence-corrected chi connectivity index (χ4v) is 2.47. The molecule has 1 aromatic carbocycles. The van der Waals surface area contributed by atoms with E-state index in [0.717, 1.165) is 19.5 Å². The van der Waals surface area contributed by atoms with Gasteiger partial charge in [-0.25, -0.2) is 0 Å². The molecule has 0 saturated carbocycles. The topological polar surface area (TPSA) is 26.7 Å². The summed E-state index contributed by atoms with van der Waals surface area (Å²) in [4.78, 5) is 4.51.